The van der Waals surface area contributed by atoms with Gasteiger partial charge in [-0.25, -0.2) is 0 Å². The van der Waals surface area contributed by atoms with E-state index in [1.165, 1.54) is 16.7 Å². The molecule has 1 aliphatic rings. The van der Waals surface area contributed by atoms with Crippen LogP contribution in [0.25, 0.3) is 0 Å². The van der Waals surface area contributed by atoms with Crippen molar-refractivity contribution in [3.05, 3.63) is 41.4 Å². The second kappa shape index (κ2) is 6.55. The Morgan fingerprint density at radius 2 is 2.39 bits per heavy atom. The first-order valence-corrected chi connectivity index (χ1v) is 6.77. The highest BCUT2D eigenvalue weighted by molar-refractivity contribution is 5.32. The number of pyridine rings is 1. The largest absolute Gasteiger partial charge is 0.501 e. The fourth-order valence-corrected chi connectivity index (χ4v) is 2.33. The van der Waals surface area contributed by atoms with Crippen molar-refractivity contribution in [2.45, 2.75) is 39.2 Å². The summed E-state index contributed by atoms with van der Waals surface area (Å²) in [7, 11) is 0. The van der Waals surface area contributed by atoms with Gasteiger partial charge in [0.2, 0.25) is 0 Å². The van der Waals surface area contributed by atoms with Crippen LogP contribution in [0.15, 0.2) is 30.3 Å². The van der Waals surface area contributed by atoms with Crippen molar-refractivity contribution in [3.63, 3.8) is 0 Å². The van der Waals surface area contributed by atoms with Crippen molar-refractivity contribution in [3.8, 4) is 0 Å². The highest BCUT2D eigenvalue weighted by Crippen LogP contribution is 2.29. The van der Waals surface area contributed by atoms with Crippen LogP contribution in [-0.2, 0) is 4.74 Å². The van der Waals surface area contributed by atoms with E-state index >= 15 is 0 Å². The molecule has 1 aromatic rings. The van der Waals surface area contributed by atoms with Crippen molar-refractivity contribution in [2.75, 3.05) is 13.2 Å². The van der Waals surface area contributed by atoms with Gasteiger partial charge in [0.1, 0.15) is 0 Å². The van der Waals surface area contributed by atoms with Crippen LogP contribution in [0.1, 0.15) is 43.4 Å². The second-order valence-corrected chi connectivity index (χ2v) is 4.79. The summed E-state index contributed by atoms with van der Waals surface area (Å²) in [6.45, 7) is 6.17. The Morgan fingerprint density at radius 1 is 1.50 bits per heavy atom. The fourth-order valence-electron chi connectivity index (χ4n) is 2.33. The predicted molar refractivity (Wildman–Crippen MR) is 73.3 cm³/mol. The number of nitrogens with zero attached hydrogens (tertiary/aromatic N) is 1. The van der Waals surface area contributed by atoms with Crippen molar-refractivity contribution in [2.24, 2.45) is 0 Å². The maximum absolute atomic E-state index is 5.49. The number of hydrogen-bond acceptors (Lipinski definition) is 3. The minimum absolute atomic E-state index is 0.272. The van der Waals surface area contributed by atoms with Gasteiger partial charge in [0.25, 0.3) is 0 Å². The second-order valence-electron chi connectivity index (χ2n) is 4.79. The maximum atomic E-state index is 5.49. The molecule has 18 heavy (non-hydrogen) atoms. The average molecular weight is 246 g/mol. The zero-order chi connectivity index (χ0) is 12.8. The number of hydrogen-bond donors (Lipinski definition) is 1. The molecular weight excluding hydrogens is 224 g/mol. The third-order valence-electron chi connectivity index (χ3n) is 3.31. The van der Waals surface area contributed by atoms with E-state index in [0.717, 1.165) is 32.4 Å². The van der Waals surface area contributed by atoms with Gasteiger partial charge in [-0.1, -0.05) is 6.92 Å². The average Bonchev–Trinajstić information content (AvgIpc) is 2.42. The first kappa shape index (κ1) is 13.1. The van der Waals surface area contributed by atoms with E-state index < -0.39 is 0 Å². The third kappa shape index (κ3) is 3.10. The molecule has 0 bridgehead atoms. The molecule has 0 aromatic carbocycles. The monoisotopic (exact) mass is 246 g/mol. The molecule has 0 amide bonds. The standard InChI is InChI=1S/C15H22N2O/c1-3-7-17-15(13-5-4-9-18-11-13)14-6-8-16-10-12(14)2/h6,8,10-11,15,17H,3-5,7,9H2,1-2H3. The molecule has 0 fully saturated rings. The van der Waals surface area contributed by atoms with E-state index in [9.17, 15) is 0 Å². The van der Waals surface area contributed by atoms with Crippen molar-refractivity contribution >= 4 is 0 Å². The summed E-state index contributed by atoms with van der Waals surface area (Å²) in [6, 6.07) is 2.38. The van der Waals surface area contributed by atoms with Gasteiger partial charge in [0.15, 0.2) is 0 Å². The van der Waals surface area contributed by atoms with Gasteiger partial charge in [-0.2, -0.15) is 0 Å². The fraction of sp³-hybridized carbons (Fsp3) is 0.533. The van der Waals surface area contributed by atoms with Gasteiger partial charge < -0.3 is 10.1 Å². The Kier molecular flexibility index (Phi) is 4.76. The van der Waals surface area contributed by atoms with Gasteiger partial charge in [0, 0.05) is 12.4 Å². The summed E-state index contributed by atoms with van der Waals surface area (Å²) < 4.78 is 5.49. The molecule has 0 saturated heterocycles. The van der Waals surface area contributed by atoms with Crippen LogP contribution in [0.4, 0.5) is 0 Å². The Balaban J connectivity index is 2.24. The lowest BCUT2D eigenvalue weighted by Crippen LogP contribution is -2.26. The summed E-state index contributed by atoms with van der Waals surface area (Å²) in [5, 5.41) is 3.62. The number of nitrogens with one attached hydrogen (secondary N) is 1. The Labute approximate surface area is 109 Å². The molecule has 2 rings (SSSR count). The van der Waals surface area contributed by atoms with Gasteiger partial charge in [-0.3, -0.25) is 4.98 Å². The molecule has 0 aliphatic carbocycles. The minimum Gasteiger partial charge on any atom is -0.501 e. The Morgan fingerprint density at radius 3 is 3.06 bits per heavy atom. The first-order valence-electron chi connectivity index (χ1n) is 6.77. The predicted octanol–water partition coefficient (Wildman–Crippen LogP) is 3.13. The van der Waals surface area contributed by atoms with E-state index in [0.29, 0.717) is 0 Å². The highest BCUT2D eigenvalue weighted by atomic mass is 16.5. The van der Waals surface area contributed by atoms with E-state index in [-0.39, 0.29) is 6.04 Å². The molecule has 0 saturated carbocycles. The zero-order valence-electron chi connectivity index (χ0n) is 11.3. The van der Waals surface area contributed by atoms with Crippen LogP contribution in [-0.4, -0.2) is 18.1 Å². The van der Waals surface area contributed by atoms with Crippen LogP contribution in [0.5, 0.6) is 0 Å². The van der Waals surface area contributed by atoms with Crippen LogP contribution in [0.3, 0.4) is 0 Å². The summed E-state index contributed by atoms with van der Waals surface area (Å²) >= 11 is 0. The molecular formula is C15H22N2O. The lowest BCUT2D eigenvalue weighted by Gasteiger charge is -2.25. The molecule has 1 aliphatic heterocycles. The number of ether oxygens (including phenoxy) is 1. The SMILES string of the molecule is CCCNC(C1=COCCC1)c1ccncc1C. The minimum atomic E-state index is 0.272. The topological polar surface area (TPSA) is 34.1 Å². The molecule has 1 N–H and O–H groups in total. The van der Waals surface area contributed by atoms with Crippen molar-refractivity contribution in [1.82, 2.24) is 10.3 Å². The molecule has 2 heterocycles. The van der Waals surface area contributed by atoms with Gasteiger partial charge >= 0.3 is 0 Å². The maximum Gasteiger partial charge on any atom is 0.0876 e. The zero-order valence-corrected chi connectivity index (χ0v) is 11.3. The highest BCUT2D eigenvalue weighted by Gasteiger charge is 2.19. The van der Waals surface area contributed by atoms with Crippen molar-refractivity contribution < 1.29 is 4.74 Å². The molecule has 0 spiro atoms. The van der Waals surface area contributed by atoms with Gasteiger partial charge in [-0.05, 0) is 55.5 Å². The molecule has 1 aromatic heterocycles. The Bertz CT molecular complexity index is 415. The summed E-state index contributed by atoms with van der Waals surface area (Å²) in [5.74, 6) is 0. The van der Waals surface area contributed by atoms with Gasteiger partial charge in [0.05, 0.1) is 18.9 Å². The van der Waals surface area contributed by atoms with Crippen LogP contribution in [0, 0.1) is 6.92 Å². The molecule has 1 unspecified atom stereocenters. The molecule has 3 nitrogen and oxygen atoms in total. The normalized spacial score (nSPS) is 16.9. The lowest BCUT2D eigenvalue weighted by molar-refractivity contribution is 0.219. The lowest BCUT2D eigenvalue weighted by atomic mass is 9.93. The Hall–Kier alpha value is -1.35. The smallest absolute Gasteiger partial charge is 0.0876 e. The number of rotatable bonds is 5. The molecule has 98 valence electrons. The number of aromatic nitrogens is 1. The van der Waals surface area contributed by atoms with E-state index in [1.54, 1.807) is 0 Å². The third-order valence-corrected chi connectivity index (χ3v) is 3.31. The van der Waals surface area contributed by atoms with Crippen LogP contribution in [0.2, 0.25) is 0 Å². The van der Waals surface area contributed by atoms with E-state index in [4.69, 9.17) is 4.74 Å². The van der Waals surface area contributed by atoms with E-state index in [2.05, 4.69) is 30.2 Å². The van der Waals surface area contributed by atoms with Crippen molar-refractivity contribution in [1.29, 1.82) is 0 Å². The number of aryl methyl sites for hydroxylation is 1. The first-order chi connectivity index (χ1) is 8.83. The van der Waals surface area contributed by atoms with Crippen LogP contribution >= 0.6 is 0 Å². The summed E-state index contributed by atoms with van der Waals surface area (Å²) in [6.07, 6.45) is 9.10. The van der Waals surface area contributed by atoms with Gasteiger partial charge in [-0.15, -0.1) is 0 Å². The summed E-state index contributed by atoms with van der Waals surface area (Å²) in [4.78, 5) is 4.17. The van der Waals surface area contributed by atoms with Crippen LogP contribution < -0.4 is 5.32 Å². The molecule has 0 radical (unpaired) electrons. The van der Waals surface area contributed by atoms with E-state index in [1.807, 2.05) is 18.7 Å². The molecule has 1 atom stereocenters. The molecule has 3 heteroatoms. The summed E-state index contributed by atoms with van der Waals surface area (Å²) in [5.41, 5.74) is 3.90. The quantitative estimate of drug-likeness (QED) is 0.866.